The van der Waals surface area contributed by atoms with Gasteiger partial charge in [-0.25, -0.2) is 4.79 Å². The number of methoxy groups -OCH3 is 1. The third kappa shape index (κ3) is 1.26. The van der Waals surface area contributed by atoms with E-state index in [1.165, 1.54) is 12.7 Å². The van der Waals surface area contributed by atoms with Crippen molar-refractivity contribution in [2.24, 2.45) is 0 Å². The van der Waals surface area contributed by atoms with Crippen LogP contribution >= 0.6 is 11.3 Å². The lowest BCUT2D eigenvalue weighted by atomic mass is 9.92. The van der Waals surface area contributed by atoms with Gasteiger partial charge in [-0.15, -0.1) is 11.3 Å². The normalized spacial score (nSPS) is 25.6. The van der Waals surface area contributed by atoms with Crippen LogP contribution in [0.25, 0.3) is 0 Å². The second-order valence-corrected chi connectivity index (χ2v) is 4.48. The van der Waals surface area contributed by atoms with E-state index in [9.17, 15) is 4.79 Å². The Hall–Kier alpha value is -0.870. The maximum Gasteiger partial charge on any atom is 0.331 e. The summed E-state index contributed by atoms with van der Waals surface area (Å²) >= 11 is 1.61. The number of hydrogen-bond donors (Lipinski definition) is 1. The number of thiophene rings is 1. The van der Waals surface area contributed by atoms with Crippen molar-refractivity contribution in [2.75, 3.05) is 13.7 Å². The van der Waals surface area contributed by atoms with Crippen LogP contribution in [0.5, 0.6) is 0 Å². The summed E-state index contributed by atoms with van der Waals surface area (Å²) in [7, 11) is 1.43. The molecular formula is C10H13NO2S. The quantitative estimate of drug-likeness (QED) is 0.711. The number of esters is 1. The van der Waals surface area contributed by atoms with Crippen LogP contribution in [0.4, 0.5) is 0 Å². The molecule has 0 aliphatic carbocycles. The zero-order valence-electron chi connectivity index (χ0n) is 8.29. The number of fused-ring (bicyclic) bond motifs is 1. The smallest absolute Gasteiger partial charge is 0.331 e. The first-order valence-electron chi connectivity index (χ1n) is 4.59. The molecule has 0 amide bonds. The Bertz CT molecular complexity index is 361. The average Bonchev–Trinajstić information content (AvgIpc) is 2.66. The Labute approximate surface area is 87.1 Å². The van der Waals surface area contributed by atoms with Gasteiger partial charge in [0.15, 0.2) is 0 Å². The predicted molar refractivity (Wildman–Crippen MR) is 55.4 cm³/mol. The molecule has 0 bridgehead atoms. The minimum atomic E-state index is -0.642. The molecule has 4 heteroatoms. The van der Waals surface area contributed by atoms with Crippen molar-refractivity contribution in [3.8, 4) is 0 Å². The third-order valence-corrected chi connectivity index (χ3v) is 3.85. The number of nitrogens with one attached hydrogen (secondary N) is 1. The van der Waals surface area contributed by atoms with Gasteiger partial charge in [0.25, 0.3) is 0 Å². The van der Waals surface area contributed by atoms with Crippen molar-refractivity contribution >= 4 is 17.3 Å². The van der Waals surface area contributed by atoms with Gasteiger partial charge in [0.1, 0.15) is 5.54 Å². The molecule has 1 aliphatic heterocycles. The average molecular weight is 211 g/mol. The number of rotatable bonds is 1. The molecule has 0 saturated carbocycles. The van der Waals surface area contributed by atoms with E-state index in [1.54, 1.807) is 11.3 Å². The monoisotopic (exact) mass is 211 g/mol. The Kier molecular flexibility index (Phi) is 2.33. The number of ether oxygens (including phenoxy) is 1. The summed E-state index contributed by atoms with van der Waals surface area (Å²) in [5.74, 6) is -0.208. The van der Waals surface area contributed by atoms with Crippen LogP contribution in [-0.4, -0.2) is 19.6 Å². The van der Waals surface area contributed by atoms with Crippen LogP contribution < -0.4 is 5.32 Å². The van der Waals surface area contributed by atoms with Crippen molar-refractivity contribution in [1.82, 2.24) is 5.32 Å². The van der Waals surface area contributed by atoms with Crippen molar-refractivity contribution in [3.63, 3.8) is 0 Å². The molecule has 1 aliphatic rings. The van der Waals surface area contributed by atoms with Crippen LogP contribution in [0.2, 0.25) is 0 Å². The maximum absolute atomic E-state index is 11.7. The molecule has 0 fully saturated rings. The fourth-order valence-electron chi connectivity index (χ4n) is 1.87. The van der Waals surface area contributed by atoms with Gasteiger partial charge in [0.05, 0.1) is 7.11 Å². The van der Waals surface area contributed by atoms with E-state index in [-0.39, 0.29) is 5.97 Å². The number of carbonyl (C=O) groups excluding carboxylic acids is 1. The van der Waals surface area contributed by atoms with Crippen LogP contribution in [-0.2, 0) is 21.5 Å². The lowest BCUT2D eigenvalue weighted by Crippen LogP contribution is -2.50. The highest BCUT2D eigenvalue weighted by atomic mass is 32.1. The highest BCUT2D eigenvalue weighted by Crippen LogP contribution is 2.33. The minimum Gasteiger partial charge on any atom is -0.467 e. The van der Waals surface area contributed by atoms with E-state index in [0.717, 1.165) is 17.8 Å². The molecule has 1 N–H and O–H groups in total. The Morgan fingerprint density at radius 1 is 1.71 bits per heavy atom. The standard InChI is InChI=1S/C10H13NO2S/c1-10(9(12)13-2)8-7(3-5-11-10)4-6-14-8/h4,6,11H,3,5H2,1-2H3. The van der Waals surface area contributed by atoms with Crippen molar-refractivity contribution in [3.05, 3.63) is 21.9 Å². The summed E-state index contributed by atoms with van der Waals surface area (Å²) in [6, 6.07) is 2.09. The molecular weight excluding hydrogens is 198 g/mol. The fraction of sp³-hybridized carbons (Fsp3) is 0.500. The second-order valence-electron chi connectivity index (χ2n) is 3.57. The molecule has 14 heavy (non-hydrogen) atoms. The number of carbonyl (C=O) groups is 1. The van der Waals surface area contributed by atoms with Crippen LogP contribution in [0.1, 0.15) is 17.4 Å². The molecule has 1 aromatic rings. The maximum atomic E-state index is 11.7. The highest BCUT2D eigenvalue weighted by Gasteiger charge is 2.40. The second kappa shape index (κ2) is 3.37. The van der Waals surface area contributed by atoms with Gasteiger partial charge in [-0.3, -0.25) is 5.32 Å². The molecule has 1 unspecified atom stereocenters. The van der Waals surface area contributed by atoms with Crippen molar-refractivity contribution in [2.45, 2.75) is 18.9 Å². The zero-order valence-corrected chi connectivity index (χ0v) is 9.11. The molecule has 2 rings (SSSR count). The first kappa shape index (κ1) is 9.68. The Balaban J connectivity index is 2.44. The summed E-state index contributed by atoms with van der Waals surface area (Å²) in [4.78, 5) is 12.8. The summed E-state index contributed by atoms with van der Waals surface area (Å²) in [6.07, 6.45) is 0.991. The molecule has 0 radical (unpaired) electrons. The molecule has 1 atom stereocenters. The first-order chi connectivity index (χ1) is 6.68. The first-order valence-corrected chi connectivity index (χ1v) is 5.47. The molecule has 1 aromatic heterocycles. The van der Waals surface area contributed by atoms with Gasteiger partial charge in [-0.2, -0.15) is 0 Å². The van der Waals surface area contributed by atoms with E-state index in [0.29, 0.717) is 0 Å². The molecule has 2 heterocycles. The molecule has 0 spiro atoms. The molecule has 0 aromatic carbocycles. The van der Waals surface area contributed by atoms with E-state index in [4.69, 9.17) is 4.74 Å². The van der Waals surface area contributed by atoms with Crippen molar-refractivity contribution < 1.29 is 9.53 Å². The van der Waals surface area contributed by atoms with Gasteiger partial charge in [-0.1, -0.05) is 0 Å². The zero-order chi connectivity index (χ0) is 10.2. The van der Waals surface area contributed by atoms with Gasteiger partial charge < -0.3 is 4.74 Å². The van der Waals surface area contributed by atoms with E-state index in [1.807, 2.05) is 12.3 Å². The Morgan fingerprint density at radius 2 is 2.50 bits per heavy atom. The summed E-state index contributed by atoms with van der Waals surface area (Å²) in [6.45, 7) is 2.71. The fourth-order valence-corrected chi connectivity index (χ4v) is 2.95. The van der Waals surface area contributed by atoms with Gasteiger partial charge in [0.2, 0.25) is 0 Å². The molecule has 76 valence electrons. The van der Waals surface area contributed by atoms with E-state index < -0.39 is 5.54 Å². The van der Waals surface area contributed by atoms with Gasteiger partial charge >= 0.3 is 5.97 Å². The minimum absolute atomic E-state index is 0.208. The van der Waals surface area contributed by atoms with Crippen LogP contribution in [0.3, 0.4) is 0 Å². The molecule has 3 nitrogen and oxygen atoms in total. The summed E-state index contributed by atoms with van der Waals surface area (Å²) in [5, 5.41) is 5.25. The van der Waals surface area contributed by atoms with Crippen LogP contribution in [0.15, 0.2) is 11.4 Å². The van der Waals surface area contributed by atoms with E-state index >= 15 is 0 Å². The third-order valence-electron chi connectivity index (χ3n) is 2.67. The SMILES string of the molecule is COC(=O)C1(C)NCCc2ccsc21. The summed E-state index contributed by atoms with van der Waals surface area (Å²) in [5.41, 5.74) is 0.623. The topological polar surface area (TPSA) is 38.3 Å². The van der Waals surface area contributed by atoms with Crippen molar-refractivity contribution in [1.29, 1.82) is 0 Å². The molecule has 0 saturated heterocycles. The highest BCUT2D eigenvalue weighted by molar-refractivity contribution is 7.10. The van der Waals surface area contributed by atoms with Gasteiger partial charge in [0, 0.05) is 11.4 Å². The lowest BCUT2D eigenvalue weighted by Gasteiger charge is -2.32. The lowest BCUT2D eigenvalue weighted by molar-refractivity contribution is -0.148. The Morgan fingerprint density at radius 3 is 3.21 bits per heavy atom. The van der Waals surface area contributed by atoms with Crippen LogP contribution in [0, 0.1) is 0 Å². The van der Waals surface area contributed by atoms with Gasteiger partial charge in [-0.05, 0) is 30.4 Å². The predicted octanol–water partition coefficient (Wildman–Crippen LogP) is 1.28. The summed E-state index contributed by atoms with van der Waals surface area (Å²) < 4.78 is 4.82. The largest absolute Gasteiger partial charge is 0.467 e. The van der Waals surface area contributed by atoms with E-state index in [2.05, 4.69) is 11.4 Å². The number of hydrogen-bond acceptors (Lipinski definition) is 4.